The molecule has 0 radical (unpaired) electrons. The highest BCUT2D eigenvalue weighted by Gasteiger charge is 2.22. The second-order valence-electron chi connectivity index (χ2n) is 5.95. The van der Waals surface area contributed by atoms with Gasteiger partial charge in [0.05, 0.1) is 24.4 Å². The predicted molar refractivity (Wildman–Crippen MR) is 111 cm³/mol. The number of halogens is 1. The van der Waals surface area contributed by atoms with Crippen molar-refractivity contribution in [3.05, 3.63) is 30.1 Å². The molecule has 2 atom stereocenters. The Morgan fingerprint density at radius 2 is 2.36 bits per heavy atom. The molecule has 2 N–H and O–H groups in total. The second-order valence-corrected chi connectivity index (χ2v) is 5.95. The third-order valence-corrected chi connectivity index (χ3v) is 3.97. The molecule has 0 bridgehead atoms. The van der Waals surface area contributed by atoms with Crippen LogP contribution in [-0.4, -0.2) is 49.5 Å². The first-order chi connectivity index (χ1) is 11.8. The molecule has 0 saturated carbocycles. The van der Waals surface area contributed by atoms with Gasteiger partial charge in [0.2, 0.25) is 0 Å². The fraction of sp³-hybridized carbons (Fsp3) is 0.667. The summed E-state index contributed by atoms with van der Waals surface area (Å²) in [5.41, 5.74) is 0.956. The van der Waals surface area contributed by atoms with Crippen LogP contribution in [0.2, 0.25) is 0 Å². The van der Waals surface area contributed by atoms with E-state index in [1.807, 2.05) is 25.1 Å². The van der Waals surface area contributed by atoms with Gasteiger partial charge in [0, 0.05) is 32.6 Å². The van der Waals surface area contributed by atoms with Gasteiger partial charge < -0.3 is 20.1 Å². The fourth-order valence-corrected chi connectivity index (χ4v) is 2.64. The van der Waals surface area contributed by atoms with Gasteiger partial charge in [0.25, 0.3) is 0 Å². The third-order valence-electron chi connectivity index (χ3n) is 3.97. The molecule has 2 rings (SSSR count). The molecular formula is C18H31IN4O2. The van der Waals surface area contributed by atoms with Crippen molar-refractivity contribution >= 4 is 29.9 Å². The molecule has 0 aliphatic carbocycles. The van der Waals surface area contributed by atoms with Crippen LogP contribution in [0.25, 0.3) is 0 Å². The van der Waals surface area contributed by atoms with Crippen molar-refractivity contribution in [1.82, 2.24) is 15.6 Å². The van der Waals surface area contributed by atoms with Crippen LogP contribution >= 0.6 is 24.0 Å². The smallest absolute Gasteiger partial charge is 0.191 e. The number of rotatable bonds is 9. The Balaban J connectivity index is 0.00000312. The molecule has 1 aliphatic rings. The standard InChI is InChI=1S/C18H30N4O2.HI/c1-3-23-12-7-11-20-18(21-14-16-8-4-5-10-19-16)22-15(2)17-9-6-13-24-17;/h4-5,8,10,15,17H,3,6-7,9,11-14H2,1-2H3,(H2,20,21,22);1H. The monoisotopic (exact) mass is 462 g/mol. The highest BCUT2D eigenvalue weighted by molar-refractivity contribution is 14.0. The molecule has 2 unspecified atom stereocenters. The van der Waals surface area contributed by atoms with Crippen LogP contribution in [-0.2, 0) is 16.0 Å². The first-order valence-corrected chi connectivity index (χ1v) is 8.93. The Labute approximate surface area is 168 Å². The molecule has 1 fully saturated rings. The van der Waals surface area contributed by atoms with Crippen molar-refractivity contribution in [2.45, 2.75) is 51.8 Å². The Bertz CT molecular complexity index is 481. The molecule has 1 saturated heterocycles. The van der Waals surface area contributed by atoms with Gasteiger partial charge in [-0.15, -0.1) is 24.0 Å². The minimum absolute atomic E-state index is 0. The van der Waals surface area contributed by atoms with Gasteiger partial charge in [0.15, 0.2) is 5.96 Å². The second kappa shape index (κ2) is 13.3. The lowest BCUT2D eigenvalue weighted by Gasteiger charge is -2.23. The SMILES string of the molecule is CCOCCCNC(=NCc1ccccn1)NC(C)C1CCCO1.I. The van der Waals surface area contributed by atoms with Gasteiger partial charge in [-0.3, -0.25) is 4.98 Å². The minimum Gasteiger partial charge on any atom is -0.382 e. The molecule has 0 aromatic carbocycles. The summed E-state index contributed by atoms with van der Waals surface area (Å²) >= 11 is 0. The number of ether oxygens (including phenoxy) is 2. The van der Waals surface area contributed by atoms with Gasteiger partial charge in [0.1, 0.15) is 0 Å². The van der Waals surface area contributed by atoms with Gasteiger partial charge in [-0.25, -0.2) is 4.99 Å². The summed E-state index contributed by atoms with van der Waals surface area (Å²) in [5.74, 6) is 0.806. The number of aliphatic imine (C=N–C) groups is 1. The van der Waals surface area contributed by atoms with E-state index < -0.39 is 0 Å². The Morgan fingerprint density at radius 1 is 1.48 bits per heavy atom. The maximum absolute atomic E-state index is 5.76. The van der Waals surface area contributed by atoms with Crippen molar-refractivity contribution in [3.8, 4) is 0 Å². The highest BCUT2D eigenvalue weighted by Crippen LogP contribution is 2.15. The predicted octanol–water partition coefficient (Wildman–Crippen LogP) is 2.73. The molecule has 2 heterocycles. The molecule has 6 nitrogen and oxygen atoms in total. The summed E-state index contributed by atoms with van der Waals surface area (Å²) in [6.45, 7) is 7.92. The molecule has 142 valence electrons. The Morgan fingerprint density at radius 3 is 3.04 bits per heavy atom. The van der Waals surface area contributed by atoms with Crippen molar-refractivity contribution in [1.29, 1.82) is 0 Å². The fourth-order valence-electron chi connectivity index (χ4n) is 2.64. The van der Waals surface area contributed by atoms with Crippen LogP contribution in [0.3, 0.4) is 0 Å². The van der Waals surface area contributed by atoms with Crippen LogP contribution in [0.1, 0.15) is 38.8 Å². The summed E-state index contributed by atoms with van der Waals surface area (Å²) in [6, 6.07) is 6.11. The van der Waals surface area contributed by atoms with E-state index in [2.05, 4.69) is 27.5 Å². The first kappa shape index (κ1) is 22.1. The number of nitrogens with one attached hydrogen (secondary N) is 2. The van der Waals surface area contributed by atoms with E-state index in [1.165, 1.54) is 0 Å². The first-order valence-electron chi connectivity index (χ1n) is 8.93. The molecule has 1 aromatic rings. The molecule has 0 amide bonds. The average Bonchev–Trinajstić information content (AvgIpc) is 3.15. The lowest BCUT2D eigenvalue weighted by molar-refractivity contribution is 0.0890. The van der Waals surface area contributed by atoms with E-state index in [-0.39, 0.29) is 36.1 Å². The zero-order valence-corrected chi connectivity index (χ0v) is 17.6. The number of guanidine groups is 1. The summed E-state index contributed by atoms with van der Waals surface area (Å²) < 4.78 is 11.1. The van der Waals surface area contributed by atoms with E-state index in [1.54, 1.807) is 6.20 Å². The number of nitrogens with zero attached hydrogens (tertiary/aromatic N) is 2. The molecule has 0 spiro atoms. The average molecular weight is 462 g/mol. The summed E-state index contributed by atoms with van der Waals surface area (Å²) in [6.07, 6.45) is 5.25. The lowest BCUT2D eigenvalue weighted by Crippen LogP contribution is -2.47. The summed E-state index contributed by atoms with van der Waals surface area (Å²) in [5, 5.41) is 6.84. The van der Waals surface area contributed by atoms with Crippen LogP contribution in [0, 0.1) is 0 Å². The van der Waals surface area contributed by atoms with E-state index in [0.717, 1.165) is 57.3 Å². The van der Waals surface area contributed by atoms with Gasteiger partial charge in [-0.2, -0.15) is 0 Å². The van der Waals surface area contributed by atoms with Crippen molar-refractivity contribution in [2.24, 2.45) is 4.99 Å². The summed E-state index contributed by atoms with van der Waals surface area (Å²) in [7, 11) is 0. The molecule has 25 heavy (non-hydrogen) atoms. The third kappa shape index (κ3) is 8.82. The zero-order chi connectivity index (χ0) is 17.0. The van der Waals surface area contributed by atoms with Crippen molar-refractivity contribution in [3.63, 3.8) is 0 Å². The number of aromatic nitrogens is 1. The van der Waals surface area contributed by atoms with Crippen molar-refractivity contribution in [2.75, 3.05) is 26.4 Å². The normalized spacial score (nSPS) is 18.5. The molecule has 1 aliphatic heterocycles. The van der Waals surface area contributed by atoms with E-state index >= 15 is 0 Å². The Kier molecular flexibility index (Phi) is 11.8. The van der Waals surface area contributed by atoms with E-state index in [9.17, 15) is 0 Å². The summed E-state index contributed by atoms with van der Waals surface area (Å²) in [4.78, 5) is 8.98. The number of hydrogen-bond acceptors (Lipinski definition) is 4. The van der Waals surface area contributed by atoms with E-state index in [4.69, 9.17) is 9.47 Å². The maximum Gasteiger partial charge on any atom is 0.191 e. The lowest BCUT2D eigenvalue weighted by atomic mass is 10.1. The van der Waals surface area contributed by atoms with Crippen molar-refractivity contribution < 1.29 is 9.47 Å². The number of hydrogen-bond donors (Lipinski definition) is 2. The van der Waals surface area contributed by atoms with Gasteiger partial charge >= 0.3 is 0 Å². The van der Waals surface area contributed by atoms with Gasteiger partial charge in [-0.1, -0.05) is 6.07 Å². The molecule has 1 aromatic heterocycles. The van der Waals surface area contributed by atoms with Gasteiger partial charge in [-0.05, 0) is 45.2 Å². The molecular weight excluding hydrogens is 431 g/mol. The maximum atomic E-state index is 5.76. The molecule has 7 heteroatoms. The van der Waals surface area contributed by atoms with E-state index in [0.29, 0.717) is 6.54 Å². The minimum atomic E-state index is 0. The quantitative estimate of drug-likeness (QED) is 0.256. The van der Waals surface area contributed by atoms with Crippen LogP contribution < -0.4 is 10.6 Å². The highest BCUT2D eigenvalue weighted by atomic mass is 127. The number of pyridine rings is 1. The topological polar surface area (TPSA) is 67.8 Å². The van der Waals surface area contributed by atoms with Crippen LogP contribution in [0.4, 0.5) is 0 Å². The van der Waals surface area contributed by atoms with Crippen LogP contribution in [0.15, 0.2) is 29.4 Å². The largest absolute Gasteiger partial charge is 0.382 e. The zero-order valence-electron chi connectivity index (χ0n) is 15.2. The van der Waals surface area contributed by atoms with Crippen LogP contribution in [0.5, 0.6) is 0 Å². The Hall–Kier alpha value is -0.930.